The Morgan fingerprint density at radius 2 is 2.08 bits per heavy atom. The van der Waals surface area contributed by atoms with E-state index in [-0.39, 0.29) is 0 Å². The first-order valence-corrected chi connectivity index (χ1v) is 9.77. The molecule has 0 atom stereocenters. The van der Waals surface area contributed by atoms with Gasteiger partial charge in [0.1, 0.15) is 11.3 Å². The Morgan fingerprint density at radius 1 is 1.27 bits per heavy atom. The fourth-order valence-corrected chi connectivity index (χ4v) is 3.93. The number of nitrogens with one attached hydrogen (secondary N) is 2. The molecule has 0 unspecified atom stereocenters. The lowest BCUT2D eigenvalue weighted by molar-refractivity contribution is 0.361. The van der Waals surface area contributed by atoms with Crippen LogP contribution < -0.4 is 16.4 Å². The number of nitrogens with two attached hydrogens (primary N) is 1. The van der Waals surface area contributed by atoms with E-state index in [0.717, 1.165) is 72.0 Å². The second-order valence-corrected chi connectivity index (χ2v) is 7.22. The third-order valence-electron chi connectivity index (χ3n) is 5.36. The van der Waals surface area contributed by atoms with Crippen LogP contribution in [0.25, 0.3) is 21.8 Å². The van der Waals surface area contributed by atoms with Gasteiger partial charge in [-0.1, -0.05) is 25.1 Å². The molecule has 3 heterocycles. The molecular formula is C20H28N6. The number of rotatable bonds is 6. The van der Waals surface area contributed by atoms with Gasteiger partial charge in [0.15, 0.2) is 5.82 Å². The number of aromatic nitrogens is 3. The van der Waals surface area contributed by atoms with Gasteiger partial charge >= 0.3 is 0 Å². The van der Waals surface area contributed by atoms with Crippen molar-refractivity contribution in [1.82, 2.24) is 20.1 Å². The second-order valence-electron chi connectivity index (χ2n) is 7.22. The Hall–Kier alpha value is -2.34. The minimum atomic E-state index is 0.738. The molecule has 2 aromatic heterocycles. The number of fused-ring (bicyclic) bond motifs is 3. The number of benzene rings is 1. The van der Waals surface area contributed by atoms with Crippen LogP contribution in [0, 0.1) is 5.92 Å². The number of para-hydroxylation sites is 1. The molecule has 0 bridgehead atoms. The highest BCUT2D eigenvalue weighted by molar-refractivity contribution is 6.13. The SMILES string of the molecule is CCCn1nc2c(NCCC3CCNCC3)nc3ccccc3c2c1N. The van der Waals surface area contributed by atoms with Crippen LogP contribution in [-0.4, -0.2) is 34.4 Å². The van der Waals surface area contributed by atoms with Crippen LogP contribution in [0.2, 0.25) is 0 Å². The molecule has 1 fully saturated rings. The number of aryl methyl sites for hydroxylation is 1. The van der Waals surface area contributed by atoms with E-state index < -0.39 is 0 Å². The third-order valence-corrected chi connectivity index (χ3v) is 5.36. The highest BCUT2D eigenvalue weighted by Gasteiger charge is 2.17. The van der Waals surface area contributed by atoms with E-state index in [0.29, 0.717) is 0 Å². The van der Waals surface area contributed by atoms with Crippen molar-refractivity contribution in [2.24, 2.45) is 5.92 Å². The summed E-state index contributed by atoms with van der Waals surface area (Å²) >= 11 is 0. The average Bonchev–Trinajstić information content (AvgIpc) is 3.00. The molecule has 0 radical (unpaired) electrons. The van der Waals surface area contributed by atoms with Crippen LogP contribution in [0.3, 0.4) is 0 Å². The lowest BCUT2D eigenvalue weighted by Gasteiger charge is -2.22. The molecule has 26 heavy (non-hydrogen) atoms. The summed E-state index contributed by atoms with van der Waals surface area (Å²) < 4.78 is 1.91. The van der Waals surface area contributed by atoms with E-state index >= 15 is 0 Å². The summed E-state index contributed by atoms with van der Waals surface area (Å²) in [7, 11) is 0. The maximum atomic E-state index is 6.44. The number of pyridine rings is 1. The highest BCUT2D eigenvalue weighted by atomic mass is 15.3. The number of hydrogen-bond acceptors (Lipinski definition) is 5. The molecular weight excluding hydrogens is 324 g/mol. The van der Waals surface area contributed by atoms with E-state index in [9.17, 15) is 0 Å². The van der Waals surface area contributed by atoms with Gasteiger partial charge in [-0.05, 0) is 50.8 Å². The maximum absolute atomic E-state index is 6.44. The van der Waals surface area contributed by atoms with E-state index in [1.807, 2.05) is 22.9 Å². The van der Waals surface area contributed by atoms with Crippen LogP contribution in [0.15, 0.2) is 24.3 Å². The van der Waals surface area contributed by atoms with Gasteiger partial charge in [0.25, 0.3) is 0 Å². The first-order chi connectivity index (χ1) is 12.8. The third kappa shape index (κ3) is 3.21. The molecule has 1 saturated heterocycles. The van der Waals surface area contributed by atoms with Crippen LogP contribution >= 0.6 is 0 Å². The normalized spacial score (nSPS) is 15.7. The van der Waals surface area contributed by atoms with Crippen LogP contribution in [0.4, 0.5) is 11.6 Å². The number of nitrogen functional groups attached to an aromatic ring is 1. The molecule has 0 aliphatic carbocycles. The molecule has 4 N–H and O–H groups in total. The molecule has 6 nitrogen and oxygen atoms in total. The molecule has 1 aromatic carbocycles. The van der Waals surface area contributed by atoms with Crippen molar-refractivity contribution in [2.75, 3.05) is 30.7 Å². The van der Waals surface area contributed by atoms with Crippen molar-refractivity contribution in [1.29, 1.82) is 0 Å². The van der Waals surface area contributed by atoms with Gasteiger partial charge in [-0.2, -0.15) is 5.10 Å². The topological polar surface area (TPSA) is 80.8 Å². The molecule has 138 valence electrons. The van der Waals surface area contributed by atoms with Gasteiger partial charge < -0.3 is 16.4 Å². The molecule has 1 aliphatic heterocycles. The minimum Gasteiger partial charge on any atom is -0.383 e. The van der Waals surface area contributed by atoms with Crippen molar-refractivity contribution in [3.63, 3.8) is 0 Å². The van der Waals surface area contributed by atoms with Crippen molar-refractivity contribution >= 4 is 33.4 Å². The number of piperidine rings is 1. The second kappa shape index (κ2) is 7.50. The lowest BCUT2D eigenvalue weighted by atomic mass is 9.95. The molecule has 1 aliphatic rings. The van der Waals surface area contributed by atoms with E-state index in [1.54, 1.807) is 0 Å². The summed E-state index contributed by atoms with van der Waals surface area (Å²) in [6.07, 6.45) is 4.70. The Morgan fingerprint density at radius 3 is 2.88 bits per heavy atom. The fourth-order valence-electron chi connectivity index (χ4n) is 3.93. The van der Waals surface area contributed by atoms with Gasteiger partial charge in [0, 0.05) is 18.5 Å². The number of hydrogen-bond donors (Lipinski definition) is 3. The largest absolute Gasteiger partial charge is 0.383 e. The molecule has 6 heteroatoms. The molecule has 0 saturated carbocycles. The molecule has 0 amide bonds. The Balaban J connectivity index is 1.66. The van der Waals surface area contributed by atoms with Crippen LogP contribution in [0.5, 0.6) is 0 Å². The predicted octanol–water partition coefficient (Wildman–Crippen LogP) is 3.38. The van der Waals surface area contributed by atoms with Gasteiger partial charge in [-0.25, -0.2) is 9.67 Å². The van der Waals surface area contributed by atoms with Gasteiger partial charge in [0.05, 0.1) is 10.9 Å². The van der Waals surface area contributed by atoms with Gasteiger partial charge in [-0.3, -0.25) is 0 Å². The Kier molecular flexibility index (Phi) is 4.93. The zero-order valence-corrected chi connectivity index (χ0v) is 15.5. The van der Waals surface area contributed by atoms with Gasteiger partial charge in [0.2, 0.25) is 0 Å². The monoisotopic (exact) mass is 352 g/mol. The molecule has 0 spiro atoms. The zero-order valence-electron chi connectivity index (χ0n) is 15.5. The summed E-state index contributed by atoms with van der Waals surface area (Å²) in [5.41, 5.74) is 8.30. The predicted molar refractivity (Wildman–Crippen MR) is 108 cm³/mol. The van der Waals surface area contributed by atoms with E-state index in [4.69, 9.17) is 15.8 Å². The number of anilines is 2. The summed E-state index contributed by atoms with van der Waals surface area (Å²) in [6.45, 7) is 6.16. The zero-order chi connectivity index (χ0) is 17.9. The van der Waals surface area contributed by atoms with Crippen LogP contribution in [0.1, 0.15) is 32.6 Å². The maximum Gasteiger partial charge on any atom is 0.155 e. The molecule has 4 rings (SSSR count). The summed E-state index contributed by atoms with van der Waals surface area (Å²) in [5, 5.41) is 13.8. The Labute approximate surface area is 154 Å². The Bertz CT molecular complexity index is 894. The average molecular weight is 352 g/mol. The number of nitrogens with zero attached hydrogens (tertiary/aromatic N) is 3. The minimum absolute atomic E-state index is 0.738. The van der Waals surface area contributed by atoms with E-state index in [1.165, 1.54) is 19.3 Å². The highest BCUT2D eigenvalue weighted by Crippen LogP contribution is 2.33. The standard InChI is InChI=1S/C20H28N6/c1-2-13-26-19(21)17-15-5-3-4-6-16(15)24-20(18(17)25-26)23-12-9-14-7-10-22-11-8-14/h3-6,14,22H,2,7-13,21H2,1H3,(H,23,24). The van der Waals surface area contributed by atoms with E-state index in [2.05, 4.69) is 23.6 Å². The van der Waals surface area contributed by atoms with Crippen molar-refractivity contribution in [3.8, 4) is 0 Å². The van der Waals surface area contributed by atoms with Gasteiger partial charge in [-0.15, -0.1) is 0 Å². The summed E-state index contributed by atoms with van der Waals surface area (Å²) in [6, 6.07) is 8.18. The summed E-state index contributed by atoms with van der Waals surface area (Å²) in [5.74, 6) is 2.39. The lowest BCUT2D eigenvalue weighted by Crippen LogP contribution is -2.28. The molecule has 3 aromatic rings. The van der Waals surface area contributed by atoms with Crippen molar-refractivity contribution in [3.05, 3.63) is 24.3 Å². The first-order valence-electron chi connectivity index (χ1n) is 9.77. The summed E-state index contributed by atoms with van der Waals surface area (Å²) in [4.78, 5) is 4.85. The van der Waals surface area contributed by atoms with Crippen molar-refractivity contribution < 1.29 is 0 Å². The van der Waals surface area contributed by atoms with Crippen LogP contribution in [-0.2, 0) is 6.54 Å². The van der Waals surface area contributed by atoms with Crippen molar-refractivity contribution in [2.45, 2.75) is 39.2 Å². The fraction of sp³-hybridized carbons (Fsp3) is 0.500. The first kappa shape index (κ1) is 17.1. The smallest absolute Gasteiger partial charge is 0.155 e. The quantitative estimate of drug-likeness (QED) is 0.634.